The molecule has 1 unspecified atom stereocenters. The minimum absolute atomic E-state index is 0.243. The molecule has 1 aliphatic rings. The van der Waals surface area contributed by atoms with Crippen molar-refractivity contribution in [2.24, 2.45) is 0 Å². The van der Waals surface area contributed by atoms with Crippen molar-refractivity contribution >= 4 is 33.4 Å². The largest absolute Gasteiger partial charge is 0.457 e. The highest BCUT2D eigenvalue weighted by Gasteiger charge is 2.37. The van der Waals surface area contributed by atoms with Crippen molar-refractivity contribution in [3.63, 3.8) is 0 Å². The van der Waals surface area contributed by atoms with Crippen molar-refractivity contribution < 1.29 is 13.2 Å². The molecule has 3 aromatic rings. The van der Waals surface area contributed by atoms with Crippen LogP contribution in [-0.4, -0.2) is 25.0 Å². The van der Waals surface area contributed by atoms with Crippen LogP contribution in [0, 0.1) is 0 Å². The Balaban J connectivity index is 1.58. The first-order valence-electron chi connectivity index (χ1n) is 8.76. The molecule has 0 bridgehead atoms. The number of halogens is 1. The molecule has 3 aromatic carbocycles. The van der Waals surface area contributed by atoms with Crippen LogP contribution in [0.1, 0.15) is 10.9 Å². The highest BCUT2D eigenvalue weighted by Crippen LogP contribution is 2.43. The van der Waals surface area contributed by atoms with Crippen molar-refractivity contribution in [2.45, 2.75) is 10.3 Å². The Hall–Kier alpha value is -1.99. The second-order valence-electron chi connectivity index (χ2n) is 6.25. The van der Waals surface area contributed by atoms with Gasteiger partial charge in [0.25, 0.3) is 0 Å². The first-order valence-corrected chi connectivity index (χ1v) is 11.6. The number of nitrogens with zero attached hydrogens (tertiary/aromatic N) is 1. The zero-order valence-electron chi connectivity index (χ0n) is 14.9. The molecule has 1 fully saturated rings. The van der Waals surface area contributed by atoms with Crippen LogP contribution in [0.25, 0.3) is 0 Å². The lowest BCUT2D eigenvalue weighted by atomic mass is 10.2. The Morgan fingerprint density at radius 2 is 1.54 bits per heavy atom. The molecule has 1 heterocycles. The minimum atomic E-state index is -3.64. The third-order valence-electron chi connectivity index (χ3n) is 4.43. The van der Waals surface area contributed by atoms with Gasteiger partial charge in [-0.1, -0.05) is 48.0 Å². The number of ether oxygens (including phenoxy) is 1. The summed E-state index contributed by atoms with van der Waals surface area (Å²) in [4.78, 5) is 0.243. The van der Waals surface area contributed by atoms with Gasteiger partial charge in [-0.15, -0.1) is 11.8 Å². The van der Waals surface area contributed by atoms with E-state index in [2.05, 4.69) is 0 Å². The Labute approximate surface area is 174 Å². The van der Waals surface area contributed by atoms with E-state index in [0.717, 1.165) is 11.3 Å². The number of rotatable bonds is 5. The number of hydrogen-bond acceptors (Lipinski definition) is 4. The topological polar surface area (TPSA) is 46.6 Å². The summed E-state index contributed by atoms with van der Waals surface area (Å²) in [6.07, 6.45) is 0. The molecule has 1 aliphatic heterocycles. The first kappa shape index (κ1) is 19.3. The molecule has 28 heavy (non-hydrogen) atoms. The van der Waals surface area contributed by atoms with E-state index in [4.69, 9.17) is 16.3 Å². The molecule has 0 aliphatic carbocycles. The molecule has 0 amide bonds. The van der Waals surface area contributed by atoms with Gasteiger partial charge in [-0.05, 0) is 48.0 Å². The summed E-state index contributed by atoms with van der Waals surface area (Å²) in [7, 11) is -3.64. The van der Waals surface area contributed by atoms with Crippen LogP contribution in [0.2, 0.25) is 5.02 Å². The Kier molecular flexibility index (Phi) is 5.64. The molecule has 0 spiro atoms. The number of thioether (sulfide) groups is 1. The van der Waals surface area contributed by atoms with Crippen LogP contribution in [-0.2, 0) is 10.0 Å². The number of hydrogen-bond donors (Lipinski definition) is 0. The van der Waals surface area contributed by atoms with Gasteiger partial charge in [0.1, 0.15) is 11.5 Å². The van der Waals surface area contributed by atoms with E-state index in [1.54, 1.807) is 42.1 Å². The monoisotopic (exact) mass is 431 g/mol. The molecule has 0 aromatic heterocycles. The zero-order chi connectivity index (χ0) is 19.6. The summed E-state index contributed by atoms with van der Waals surface area (Å²) in [5.41, 5.74) is 0.819. The molecule has 7 heteroatoms. The third kappa shape index (κ3) is 3.91. The summed E-state index contributed by atoms with van der Waals surface area (Å²) in [5, 5.41) is 0.257. The van der Waals surface area contributed by atoms with E-state index in [-0.39, 0.29) is 10.3 Å². The van der Waals surface area contributed by atoms with Crippen molar-refractivity contribution in [1.29, 1.82) is 0 Å². The van der Waals surface area contributed by atoms with E-state index < -0.39 is 10.0 Å². The summed E-state index contributed by atoms with van der Waals surface area (Å²) in [6.45, 7) is 0.450. The normalized spacial score (nSPS) is 17.5. The highest BCUT2D eigenvalue weighted by atomic mass is 35.5. The average Bonchev–Trinajstić information content (AvgIpc) is 3.20. The first-order chi connectivity index (χ1) is 13.6. The molecule has 0 saturated carbocycles. The van der Waals surface area contributed by atoms with E-state index in [9.17, 15) is 8.42 Å². The van der Waals surface area contributed by atoms with Gasteiger partial charge in [-0.3, -0.25) is 0 Å². The fraction of sp³-hybridized carbons (Fsp3) is 0.143. The lowest BCUT2D eigenvalue weighted by Crippen LogP contribution is -2.30. The summed E-state index contributed by atoms with van der Waals surface area (Å²) >= 11 is 7.89. The van der Waals surface area contributed by atoms with Crippen molar-refractivity contribution in [3.05, 3.63) is 89.4 Å². The Bertz CT molecular complexity index is 1060. The highest BCUT2D eigenvalue weighted by molar-refractivity contribution is 8.01. The smallest absolute Gasteiger partial charge is 0.244 e. The fourth-order valence-corrected chi connectivity index (χ4v) is 6.63. The number of para-hydroxylation sites is 1. The zero-order valence-corrected chi connectivity index (χ0v) is 17.3. The van der Waals surface area contributed by atoms with E-state index in [1.807, 2.05) is 48.5 Å². The van der Waals surface area contributed by atoms with Gasteiger partial charge >= 0.3 is 0 Å². The second-order valence-corrected chi connectivity index (χ2v) is 9.73. The lowest BCUT2D eigenvalue weighted by Gasteiger charge is -2.24. The molecule has 0 radical (unpaired) electrons. The maximum Gasteiger partial charge on any atom is 0.244 e. The van der Waals surface area contributed by atoms with Gasteiger partial charge in [-0.25, -0.2) is 8.42 Å². The van der Waals surface area contributed by atoms with Crippen LogP contribution >= 0.6 is 23.4 Å². The van der Waals surface area contributed by atoms with Crippen LogP contribution in [0.5, 0.6) is 11.5 Å². The van der Waals surface area contributed by atoms with Crippen molar-refractivity contribution in [3.8, 4) is 11.5 Å². The Morgan fingerprint density at radius 3 is 2.25 bits per heavy atom. The standard InChI is InChI=1S/C21H18ClNO3S2/c22-20-9-5-4-8-19(20)21-23(14-15-27-21)28(24,25)18-12-10-17(11-13-18)26-16-6-2-1-3-7-16/h1-13,21H,14-15H2. The van der Waals surface area contributed by atoms with Crippen LogP contribution in [0.3, 0.4) is 0 Å². The summed E-state index contributed by atoms with van der Waals surface area (Å²) in [5.74, 6) is 2.01. The average molecular weight is 432 g/mol. The molecule has 4 rings (SSSR count). The van der Waals surface area contributed by atoms with Gasteiger partial charge in [0.2, 0.25) is 10.0 Å². The van der Waals surface area contributed by atoms with Crippen LogP contribution < -0.4 is 4.74 Å². The molecule has 144 valence electrons. The SMILES string of the molecule is O=S(=O)(c1ccc(Oc2ccccc2)cc1)N1CCSC1c1ccccc1Cl. The molecule has 0 N–H and O–H groups in total. The van der Waals surface area contributed by atoms with Crippen molar-refractivity contribution in [1.82, 2.24) is 4.31 Å². The second kappa shape index (κ2) is 8.17. The van der Waals surface area contributed by atoms with Crippen LogP contribution in [0.4, 0.5) is 0 Å². The van der Waals surface area contributed by atoms with Gasteiger partial charge < -0.3 is 4.74 Å². The van der Waals surface area contributed by atoms with Crippen LogP contribution in [0.15, 0.2) is 83.8 Å². The van der Waals surface area contributed by atoms with Crippen molar-refractivity contribution in [2.75, 3.05) is 12.3 Å². The Morgan fingerprint density at radius 1 is 0.893 bits per heavy atom. The molecular weight excluding hydrogens is 414 g/mol. The molecular formula is C21H18ClNO3S2. The maximum atomic E-state index is 13.2. The van der Waals surface area contributed by atoms with Gasteiger partial charge in [0, 0.05) is 17.3 Å². The van der Waals surface area contributed by atoms with E-state index >= 15 is 0 Å². The summed E-state index contributed by atoms with van der Waals surface area (Å²) < 4.78 is 33.7. The number of benzene rings is 3. The quantitative estimate of drug-likeness (QED) is 0.530. The van der Waals surface area contributed by atoms with E-state index in [0.29, 0.717) is 23.1 Å². The molecule has 1 saturated heterocycles. The molecule has 4 nitrogen and oxygen atoms in total. The van der Waals surface area contributed by atoms with E-state index in [1.165, 1.54) is 4.31 Å². The predicted molar refractivity (Wildman–Crippen MR) is 114 cm³/mol. The fourth-order valence-electron chi connectivity index (χ4n) is 3.06. The maximum absolute atomic E-state index is 13.2. The predicted octanol–water partition coefficient (Wildman–Crippen LogP) is 5.57. The van der Waals surface area contributed by atoms with Gasteiger partial charge in [0.05, 0.1) is 10.3 Å². The molecule has 1 atom stereocenters. The van der Waals surface area contributed by atoms with Gasteiger partial charge in [-0.2, -0.15) is 4.31 Å². The van der Waals surface area contributed by atoms with Gasteiger partial charge in [0.15, 0.2) is 0 Å². The minimum Gasteiger partial charge on any atom is -0.457 e. The lowest BCUT2D eigenvalue weighted by molar-refractivity contribution is 0.434. The number of sulfonamides is 1. The summed E-state index contributed by atoms with van der Waals surface area (Å²) in [6, 6.07) is 23.3. The third-order valence-corrected chi connectivity index (χ3v) is 8.03.